The first kappa shape index (κ1) is 8.48. The van der Waals surface area contributed by atoms with E-state index < -0.39 is 5.79 Å². The van der Waals surface area contributed by atoms with Crippen molar-refractivity contribution >= 4 is 0 Å². The lowest BCUT2D eigenvalue weighted by Gasteiger charge is -2.20. The van der Waals surface area contributed by atoms with Crippen molar-refractivity contribution in [2.45, 2.75) is 51.3 Å². The minimum atomic E-state index is -0.410. The molecule has 2 aliphatic heterocycles. The van der Waals surface area contributed by atoms with E-state index in [0.29, 0.717) is 6.61 Å². The van der Waals surface area contributed by atoms with Gasteiger partial charge in [-0.2, -0.15) is 0 Å². The molecule has 0 radical (unpaired) electrons. The lowest BCUT2D eigenvalue weighted by molar-refractivity contribution is -0.175. The van der Waals surface area contributed by atoms with Crippen molar-refractivity contribution in [3.05, 3.63) is 0 Å². The Labute approximate surface area is 73.0 Å². The molecule has 3 nitrogen and oxygen atoms in total. The Kier molecular flexibility index (Phi) is 1.90. The Balaban J connectivity index is 2.06. The summed E-state index contributed by atoms with van der Waals surface area (Å²) < 4.78 is 16.9. The van der Waals surface area contributed by atoms with Gasteiger partial charge in [0, 0.05) is 0 Å². The van der Waals surface area contributed by atoms with Crippen LogP contribution >= 0.6 is 0 Å². The molecule has 0 saturated carbocycles. The Morgan fingerprint density at radius 2 is 2.08 bits per heavy atom. The summed E-state index contributed by atoms with van der Waals surface area (Å²) in [5, 5.41) is 0. The number of rotatable bonds is 1. The summed E-state index contributed by atoms with van der Waals surface area (Å²) in [6, 6.07) is 0. The third kappa shape index (κ3) is 1.26. The summed E-state index contributed by atoms with van der Waals surface area (Å²) in [7, 11) is 0. The minimum Gasteiger partial charge on any atom is -0.373 e. The van der Waals surface area contributed by atoms with Gasteiger partial charge in [0.05, 0.1) is 12.7 Å². The fraction of sp³-hybridized carbons (Fsp3) is 1.00. The predicted molar refractivity (Wildman–Crippen MR) is 43.9 cm³/mol. The topological polar surface area (TPSA) is 27.7 Å². The maximum Gasteiger partial charge on any atom is 0.164 e. The number of hydrogen-bond donors (Lipinski definition) is 0. The van der Waals surface area contributed by atoms with Crippen LogP contribution in [-0.2, 0) is 14.2 Å². The molecule has 0 spiro atoms. The fourth-order valence-electron chi connectivity index (χ4n) is 1.97. The van der Waals surface area contributed by atoms with Gasteiger partial charge in [-0.1, -0.05) is 6.92 Å². The van der Waals surface area contributed by atoms with Gasteiger partial charge in [0.25, 0.3) is 0 Å². The van der Waals surface area contributed by atoms with E-state index in [1.807, 2.05) is 13.8 Å². The molecule has 0 aromatic heterocycles. The van der Waals surface area contributed by atoms with Crippen molar-refractivity contribution < 1.29 is 14.2 Å². The van der Waals surface area contributed by atoms with Gasteiger partial charge < -0.3 is 14.2 Å². The highest BCUT2D eigenvalue weighted by atomic mass is 16.8. The molecular formula is C9H16O3. The molecular weight excluding hydrogens is 156 g/mol. The first-order valence-corrected chi connectivity index (χ1v) is 4.59. The summed E-state index contributed by atoms with van der Waals surface area (Å²) in [5.74, 6) is -0.410. The van der Waals surface area contributed by atoms with Crippen LogP contribution in [0.15, 0.2) is 0 Å². The first-order chi connectivity index (χ1) is 5.62. The van der Waals surface area contributed by atoms with E-state index in [0.717, 1.165) is 6.42 Å². The zero-order valence-corrected chi connectivity index (χ0v) is 7.87. The van der Waals surface area contributed by atoms with Crippen LogP contribution in [0.1, 0.15) is 27.2 Å². The van der Waals surface area contributed by atoms with Crippen LogP contribution in [0.5, 0.6) is 0 Å². The third-order valence-corrected chi connectivity index (χ3v) is 2.46. The fourth-order valence-corrected chi connectivity index (χ4v) is 1.97. The largest absolute Gasteiger partial charge is 0.373 e. The zero-order chi connectivity index (χ0) is 8.77. The van der Waals surface area contributed by atoms with Gasteiger partial charge in [-0.15, -0.1) is 0 Å². The maximum absolute atomic E-state index is 5.73. The van der Waals surface area contributed by atoms with Gasteiger partial charge in [-0.05, 0) is 20.3 Å². The van der Waals surface area contributed by atoms with Crippen molar-refractivity contribution in [2.24, 2.45) is 0 Å². The third-order valence-electron chi connectivity index (χ3n) is 2.46. The van der Waals surface area contributed by atoms with Crippen LogP contribution in [0.3, 0.4) is 0 Å². The second-order valence-electron chi connectivity index (χ2n) is 3.92. The van der Waals surface area contributed by atoms with E-state index in [1.165, 1.54) is 0 Å². The summed E-state index contributed by atoms with van der Waals surface area (Å²) in [4.78, 5) is 0. The van der Waals surface area contributed by atoms with E-state index in [9.17, 15) is 0 Å². The molecule has 2 heterocycles. The molecule has 2 saturated heterocycles. The van der Waals surface area contributed by atoms with Gasteiger partial charge in [-0.3, -0.25) is 0 Å². The zero-order valence-electron chi connectivity index (χ0n) is 7.87. The van der Waals surface area contributed by atoms with Crippen LogP contribution in [0.4, 0.5) is 0 Å². The Morgan fingerprint density at radius 1 is 1.33 bits per heavy atom. The highest BCUT2D eigenvalue weighted by Crippen LogP contribution is 2.35. The number of hydrogen-bond acceptors (Lipinski definition) is 3. The molecule has 2 rings (SSSR count). The van der Waals surface area contributed by atoms with E-state index in [2.05, 4.69) is 6.92 Å². The van der Waals surface area contributed by atoms with Crippen LogP contribution < -0.4 is 0 Å². The molecule has 0 aliphatic carbocycles. The maximum atomic E-state index is 5.73. The Bertz CT molecular complexity index is 179. The van der Waals surface area contributed by atoms with Gasteiger partial charge in [0.15, 0.2) is 5.79 Å². The van der Waals surface area contributed by atoms with Crippen molar-refractivity contribution in [1.82, 2.24) is 0 Å². The lowest BCUT2D eigenvalue weighted by atomic mass is 10.1. The number of ether oxygens (including phenoxy) is 3. The van der Waals surface area contributed by atoms with Crippen LogP contribution in [0.2, 0.25) is 0 Å². The Morgan fingerprint density at radius 3 is 2.75 bits per heavy atom. The van der Waals surface area contributed by atoms with Gasteiger partial charge >= 0.3 is 0 Å². The van der Waals surface area contributed by atoms with E-state index >= 15 is 0 Å². The van der Waals surface area contributed by atoms with Crippen LogP contribution in [-0.4, -0.2) is 30.7 Å². The van der Waals surface area contributed by atoms with Gasteiger partial charge in [-0.25, -0.2) is 0 Å². The molecule has 0 N–H and O–H groups in total. The quantitative estimate of drug-likeness (QED) is 0.597. The minimum absolute atomic E-state index is 0.157. The monoisotopic (exact) mass is 172 g/mol. The normalized spacial score (nSPS) is 44.8. The molecule has 70 valence electrons. The predicted octanol–water partition coefficient (Wildman–Crippen LogP) is 1.32. The van der Waals surface area contributed by atoms with Crippen LogP contribution in [0.25, 0.3) is 0 Å². The van der Waals surface area contributed by atoms with Gasteiger partial charge in [0.1, 0.15) is 12.2 Å². The molecule has 3 heteroatoms. The molecule has 2 fully saturated rings. The molecule has 12 heavy (non-hydrogen) atoms. The van der Waals surface area contributed by atoms with E-state index in [1.54, 1.807) is 0 Å². The summed E-state index contributed by atoms with van der Waals surface area (Å²) in [6.45, 7) is 6.71. The second-order valence-corrected chi connectivity index (χ2v) is 3.92. The van der Waals surface area contributed by atoms with E-state index in [4.69, 9.17) is 14.2 Å². The molecule has 0 unspecified atom stereocenters. The van der Waals surface area contributed by atoms with Crippen molar-refractivity contribution in [2.75, 3.05) is 6.61 Å². The molecule has 0 amide bonds. The second kappa shape index (κ2) is 2.69. The van der Waals surface area contributed by atoms with Crippen molar-refractivity contribution in [1.29, 1.82) is 0 Å². The Hall–Kier alpha value is -0.120. The highest BCUT2D eigenvalue weighted by molar-refractivity contribution is 4.91. The number of fused-ring (bicyclic) bond motifs is 1. The average molecular weight is 172 g/mol. The van der Waals surface area contributed by atoms with Crippen molar-refractivity contribution in [3.8, 4) is 0 Å². The summed E-state index contributed by atoms with van der Waals surface area (Å²) in [5.41, 5.74) is 0. The van der Waals surface area contributed by atoms with E-state index in [-0.39, 0.29) is 18.3 Å². The smallest absolute Gasteiger partial charge is 0.164 e. The summed E-state index contributed by atoms with van der Waals surface area (Å²) >= 11 is 0. The average Bonchev–Trinajstić information content (AvgIpc) is 2.42. The van der Waals surface area contributed by atoms with Gasteiger partial charge in [0.2, 0.25) is 0 Å². The van der Waals surface area contributed by atoms with Crippen molar-refractivity contribution in [3.63, 3.8) is 0 Å². The first-order valence-electron chi connectivity index (χ1n) is 4.59. The molecule has 0 aromatic carbocycles. The standard InChI is InChI=1S/C9H16O3/c1-4-6-8-7(5-10-6)11-9(2,3)12-8/h6-8H,4-5H2,1-3H3/t6-,7-,8+/m0/s1. The molecule has 3 atom stereocenters. The highest BCUT2D eigenvalue weighted by Gasteiger charge is 2.49. The SMILES string of the molecule is CC[C@@H]1OC[C@@H]2OC(C)(C)O[C@H]12. The summed E-state index contributed by atoms with van der Waals surface area (Å²) in [6.07, 6.45) is 1.55. The molecule has 2 aliphatic rings. The molecule has 0 bridgehead atoms. The molecule has 0 aromatic rings. The van der Waals surface area contributed by atoms with Crippen LogP contribution in [0, 0.1) is 0 Å². The lowest BCUT2D eigenvalue weighted by Crippen LogP contribution is -2.28.